The Morgan fingerprint density at radius 2 is 2.10 bits per heavy atom. The number of rotatable bonds is 2. The van der Waals surface area contributed by atoms with Crippen LogP contribution in [-0.4, -0.2) is 25.0 Å². The third kappa shape index (κ3) is 2.66. The molecule has 0 aromatic heterocycles. The number of carbonyl (C=O) groups excluding carboxylic acids is 1. The number of nitrogens with two attached hydrogens (primary N) is 1. The minimum absolute atomic E-state index is 0.200. The molecular weight excluding hydrogens is 250 g/mol. The minimum atomic E-state index is 0.200. The van der Waals surface area contributed by atoms with Crippen LogP contribution >= 0.6 is 0 Å². The molecule has 4 heteroatoms. The van der Waals surface area contributed by atoms with Crippen molar-refractivity contribution < 1.29 is 4.79 Å². The highest BCUT2D eigenvalue weighted by atomic mass is 16.2. The van der Waals surface area contributed by atoms with E-state index in [0.717, 1.165) is 37.3 Å². The fourth-order valence-electron chi connectivity index (χ4n) is 3.36. The Kier molecular flexibility index (Phi) is 3.92. The second kappa shape index (κ2) is 5.83. The number of hydrogen-bond acceptors (Lipinski definition) is 3. The van der Waals surface area contributed by atoms with E-state index in [9.17, 15) is 4.79 Å². The SMILES string of the molecule is N[C@@H]1CCCC[C@@H]1CC(=O)N1CCNc2ccccc21. The van der Waals surface area contributed by atoms with E-state index in [1.54, 1.807) is 0 Å². The molecule has 1 fully saturated rings. The lowest BCUT2D eigenvalue weighted by molar-refractivity contribution is -0.119. The van der Waals surface area contributed by atoms with E-state index in [-0.39, 0.29) is 11.9 Å². The number of hydrogen-bond donors (Lipinski definition) is 2. The summed E-state index contributed by atoms with van der Waals surface area (Å²) in [5.74, 6) is 0.583. The van der Waals surface area contributed by atoms with E-state index in [2.05, 4.69) is 5.32 Å². The number of nitrogens with one attached hydrogen (secondary N) is 1. The van der Waals surface area contributed by atoms with Crippen LogP contribution in [0.1, 0.15) is 32.1 Å². The molecule has 3 N–H and O–H groups in total. The van der Waals surface area contributed by atoms with Crippen molar-refractivity contribution in [2.45, 2.75) is 38.1 Å². The molecule has 0 unspecified atom stereocenters. The van der Waals surface area contributed by atoms with Gasteiger partial charge in [-0.05, 0) is 30.9 Å². The molecule has 1 aromatic rings. The highest BCUT2D eigenvalue weighted by Crippen LogP contribution is 2.31. The highest BCUT2D eigenvalue weighted by Gasteiger charge is 2.28. The molecule has 1 heterocycles. The third-order valence-electron chi connectivity index (χ3n) is 4.55. The van der Waals surface area contributed by atoms with Crippen LogP contribution in [0.2, 0.25) is 0 Å². The Morgan fingerprint density at radius 3 is 2.95 bits per heavy atom. The maximum Gasteiger partial charge on any atom is 0.227 e. The number of anilines is 2. The molecule has 0 bridgehead atoms. The topological polar surface area (TPSA) is 58.4 Å². The lowest BCUT2D eigenvalue weighted by Crippen LogP contribution is -2.42. The Hall–Kier alpha value is -1.55. The van der Waals surface area contributed by atoms with Crippen molar-refractivity contribution in [3.8, 4) is 0 Å². The van der Waals surface area contributed by atoms with Crippen LogP contribution in [0.5, 0.6) is 0 Å². The molecule has 1 aromatic carbocycles. The number of fused-ring (bicyclic) bond motifs is 1. The summed E-state index contributed by atoms with van der Waals surface area (Å²) in [7, 11) is 0. The fourth-order valence-corrected chi connectivity index (χ4v) is 3.36. The van der Waals surface area contributed by atoms with Crippen molar-refractivity contribution in [1.82, 2.24) is 0 Å². The van der Waals surface area contributed by atoms with Crippen molar-refractivity contribution in [3.05, 3.63) is 24.3 Å². The van der Waals surface area contributed by atoms with Gasteiger partial charge in [0, 0.05) is 25.6 Å². The first-order valence-electron chi connectivity index (χ1n) is 7.64. The number of nitrogens with zero attached hydrogens (tertiary/aromatic N) is 1. The fraction of sp³-hybridized carbons (Fsp3) is 0.562. The number of carbonyl (C=O) groups is 1. The molecule has 2 atom stereocenters. The van der Waals surface area contributed by atoms with Crippen molar-refractivity contribution >= 4 is 17.3 Å². The van der Waals surface area contributed by atoms with Crippen LogP contribution in [0, 0.1) is 5.92 Å². The Labute approximate surface area is 120 Å². The predicted molar refractivity (Wildman–Crippen MR) is 81.8 cm³/mol. The first-order chi connectivity index (χ1) is 9.75. The zero-order valence-corrected chi connectivity index (χ0v) is 11.8. The normalized spacial score (nSPS) is 25.8. The van der Waals surface area contributed by atoms with Gasteiger partial charge >= 0.3 is 0 Å². The van der Waals surface area contributed by atoms with Gasteiger partial charge in [0.05, 0.1) is 11.4 Å². The Morgan fingerprint density at radius 1 is 1.30 bits per heavy atom. The van der Waals surface area contributed by atoms with Gasteiger partial charge in [0.1, 0.15) is 0 Å². The number of benzene rings is 1. The Bertz CT molecular complexity index is 488. The number of amides is 1. The first-order valence-corrected chi connectivity index (χ1v) is 7.64. The lowest BCUT2D eigenvalue weighted by atomic mass is 9.82. The molecule has 1 saturated carbocycles. The molecule has 0 radical (unpaired) electrons. The van der Waals surface area contributed by atoms with Gasteiger partial charge in [-0.2, -0.15) is 0 Å². The average molecular weight is 273 g/mol. The minimum Gasteiger partial charge on any atom is -0.382 e. The standard InChI is InChI=1S/C16H23N3O/c17-13-6-2-1-5-12(13)11-16(20)19-10-9-18-14-7-3-4-8-15(14)19/h3-4,7-8,12-13,18H,1-2,5-6,9-11,17H2/t12-,13-/m1/s1. The summed E-state index contributed by atoms with van der Waals surface area (Å²) in [6.45, 7) is 1.57. The quantitative estimate of drug-likeness (QED) is 0.869. The average Bonchev–Trinajstić information content (AvgIpc) is 2.49. The van der Waals surface area contributed by atoms with Crippen molar-refractivity contribution in [2.24, 2.45) is 11.7 Å². The molecule has 20 heavy (non-hydrogen) atoms. The predicted octanol–water partition coefficient (Wildman–Crippen LogP) is 2.35. The summed E-state index contributed by atoms with van der Waals surface area (Å²) in [5, 5.41) is 3.34. The summed E-state index contributed by atoms with van der Waals surface area (Å²) < 4.78 is 0. The molecule has 3 rings (SSSR count). The largest absolute Gasteiger partial charge is 0.382 e. The maximum absolute atomic E-state index is 12.6. The first kappa shape index (κ1) is 13.4. The van der Waals surface area contributed by atoms with Gasteiger partial charge in [-0.25, -0.2) is 0 Å². The Balaban J connectivity index is 1.72. The molecule has 0 saturated heterocycles. The van der Waals surface area contributed by atoms with Crippen LogP contribution < -0.4 is 16.0 Å². The molecule has 1 aliphatic carbocycles. The highest BCUT2D eigenvalue weighted by molar-refractivity contribution is 5.97. The van der Waals surface area contributed by atoms with Gasteiger partial charge in [-0.3, -0.25) is 4.79 Å². The zero-order chi connectivity index (χ0) is 13.9. The van der Waals surface area contributed by atoms with Crippen LogP contribution in [0.25, 0.3) is 0 Å². The summed E-state index contributed by atoms with van der Waals surface area (Å²) in [4.78, 5) is 14.5. The van der Waals surface area contributed by atoms with Gasteiger partial charge in [0.2, 0.25) is 5.91 Å². The number of para-hydroxylation sites is 2. The van der Waals surface area contributed by atoms with E-state index in [1.807, 2.05) is 29.2 Å². The molecule has 108 valence electrons. The lowest BCUT2D eigenvalue weighted by Gasteiger charge is -2.33. The summed E-state index contributed by atoms with van der Waals surface area (Å²) in [5.41, 5.74) is 8.23. The van der Waals surface area contributed by atoms with Crippen LogP contribution in [0.15, 0.2) is 24.3 Å². The van der Waals surface area contributed by atoms with Gasteiger partial charge in [0.15, 0.2) is 0 Å². The van der Waals surface area contributed by atoms with Crippen LogP contribution in [0.3, 0.4) is 0 Å². The summed E-state index contributed by atoms with van der Waals surface area (Å²) in [6.07, 6.45) is 5.18. The third-order valence-corrected chi connectivity index (χ3v) is 4.55. The van der Waals surface area contributed by atoms with E-state index in [4.69, 9.17) is 5.73 Å². The van der Waals surface area contributed by atoms with Crippen molar-refractivity contribution in [2.75, 3.05) is 23.3 Å². The van der Waals surface area contributed by atoms with Crippen molar-refractivity contribution in [3.63, 3.8) is 0 Å². The second-order valence-electron chi connectivity index (χ2n) is 5.90. The summed E-state index contributed by atoms with van der Waals surface area (Å²) in [6, 6.07) is 8.22. The van der Waals surface area contributed by atoms with E-state index < -0.39 is 0 Å². The maximum atomic E-state index is 12.6. The van der Waals surface area contributed by atoms with Gasteiger partial charge < -0.3 is 16.0 Å². The molecule has 2 aliphatic rings. The van der Waals surface area contributed by atoms with Crippen molar-refractivity contribution in [1.29, 1.82) is 0 Å². The van der Waals surface area contributed by atoms with Gasteiger partial charge in [0.25, 0.3) is 0 Å². The summed E-state index contributed by atoms with van der Waals surface area (Å²) >= 11 is 0. The van der Waals surface area contributed by atoms with Gasteiger partial charge in [-0.15, -0.1) is 0 Å². The molecular formula is C16H23N3O. The van der Waals surface area contributed by atoms with E-state index >= 15 is 0 Å². The molecule has 4 nitrogen and oxygen atoms in total. The molecule has 0 spiro atoms. The van der Waals surface area contributed by atoms with Crippen LogP contribution in [-0.2, 0) is 4.79 Å². The second-order valence-corrected chi connectivity index (χ2v) is 5.90. The zero-order valence-electron chi connectivity index (χ0n) is 11.8. The molecule has 1 amide bonds. The smallest absolute Gasteiger partial charge is 0.227 e. The van der Waals surface area contributed by atoms with Gasteiger partial charge in [-0.1, -0.05) is 25.0 Å². The monoisotopic (exact) mass is 273 g/mol. The van der Waals surface area contributed by atoms with Crippen LogP contribution in [0.4, 0.5) is 11.4 Å². The van der Waals surface area contributed by atoms with E-state index in [0.29, 0.717) is 12.3 Å². The van der Waals surface area contributed by atoms with E-state index in [1.165, 1.54) is 12.8 Å². The molecule has 1 aliphatic heterocycles.